The highest BCUT2D eigenvalue weighted by Crippen LogP contribution is 2.29. The number of carbonyl (C=O) groups is 3. The maximum Gasteiger partial charge on any atom is 0.325 e. The van der Waals surface area contributed by atoms with E-state index in [9.17, 15) is 14.4 Å². The molecule has 3 rings (SSSR count). The molecule has 1 atom stereocenters. The van der Waals surface area contributed by atoms with Gasteiger partial charge in [0.05, 0.1) is 5.69 Å². The molecule has 10 nitrogen and oxygen atoms in total. The van der Waals surface area contributed by atoms with Crippen LogP contribution in [0.5, 0.6) is 0 Å². The number of aromatic nitrogens is 4. The van der Waals surface area contributed by atoms with E-state index in [4.69, 9.17) is 0 Å². The van der Waals surface area contributed by atoms with E-state index >= 15 is 0 Å². The highest BCUT2D eigenvalue weighted by atomic mass is 16.2. The first-order valence-electron chi connectivity index (χ1n) is 8.66. The molecule has 0 aliphatic carbocycles. The van der Waals surface area contributed by atoms with Gasteiger partial charge in [0.25, 0.3) is 5.91 Å². The standard InChI is InChI=1S/C17H21N7O3/c1-4-22(5-2)14(25)10-23-15(26)17(3,19-16(23)27)12-7-6-8-13(9-12)24-11-18-20-21-24/h6-9,11H,4-5,10H2,1-3H3,(H,19,27)/t17-/m0/s1. The van der Waals surface area contributed by atoms with Gasteiger partial charge in [0.15, 0.2) is 0 Å². The molecule has 1 aliphatic heterocycles. The summed E-state index contributed by atoms with van der Waals surface area (Å²) >= 11 is 0. The zero-order valence-corrected chi connectivity index (χ0v) is 15.4. The molecule has 1 aromatic heterocycles. The molecule has 0 unspecified atom stereocenters. The SMILES string of the molecule is CCN(CC)C(=O)CN1C(=O)N[C@@](C)(c2cccc(-n3cnnn3)c2)C1=O. The number of tetrazole rings is 1. The van der Waals surface area contributed by atoms with Crippen LogP contribution in [-0.4, -0.2) is 67.5 Å². The minimum Gasteiger partial charge on any atom is -0.342 e. The summed E-state index contributed by atoms with van der Waals surface area (Å²) in [5, 5.41) is 13.7. The highest BCUT2D eigenvalue weighted by Gasteiger charge is 2.49. The second-order valence-electron chi connectivity index (χ2n) is 6.32. The van der Waals surface area contributed by atoms with E-state index in [2.05, 4.69) is 20.8 Å². The minimum absolute atomic E-state index is 0.268. The second-order valence-corrected chi connectivity index (χ2v) is 6.32. The molecule has 10 heteroatoms. The van der Waals surface area contributed by atoms with Crippen molar-refractivity contribution in [3.8, 4) is 5.69 Å². The van der Waals surface area contributed by atoms with Gasteiger partial charge in [0.2, 0.25) is 5.91 Å². The molecule has 4 amide bonds. The van der Waals surface area contributed by atoms with Gasteiger partial charge < -0.3 is 10.2 Å². The minimum atomic E-state index is -1.27. The molecule has 0 spiro atoms. The fourth-order valence-electron chi connectivity index (χ4n) is 3.09. The summed E-state index contributed by atoms with van der Waals surface area (Å²) in [6, 6.07) is 6.41. The van der Waals surface area contributed by atoms with Crippen LogP contribution in [0.25, 0.3) is 5.69 Å². The van der Waals surface area contributed by atoms with E-state index in [-0.39, 0.29) is 12.5 Å². The van der Waals surface area contributed by atoms with E-state index in [1.807, 2.05) is 13.8 Å². The predicted molar refractivity (Wildman–Crippen MR) is 94.7 cm³/mol. The lowest BCUT2D eigenvalue weighted by atomic mass is 9.91. The van der Waals surface area contributed by atoms with Crippen molar-refractivity contribution in [3.05, 3.63) is 36.2 Å². The van der Waals surface area contributed by atoms with Crippen molar-refractivity contribution >= 4 is 17.8 Å². The number of rotatable bonds is 6. The first-order chi connectivity index (χ1) is 12.9. The average Bonchev–Trinajstić information content (AvgIpc) is 3.27. The Kier molecular flexibility index (Phi) is 4.89. The van der Waals surface area contributed by atoms with Gasteiger partial charge in [-0.3, -0.25) is 14.5 Å². The fourth-order valence-corrected chi connectivity index (χ4v) is 3.09. The lowest BCUT2D eigenvalue weighted by molar-refractivity contribution is -0.138. The normalized spacial score (nSPS) is 19.3. The smallest absolute Gasteiger partial charge is 0.325 e. The van der Waals surface area contributed by atoms with E-state index in [1.165, 1.54) is 11.0 Å². The molecule has 1 N–H and O–H groups in total. The van der Waals surface area contributed by atoms with Crippen LogP contribution < -0.4 is 5.32 Å². The molecule has 1 fully saturated rings. The van der Waals surface area contributed by atoms with Crippen LogP contribution in [0.4, 0.5) is 4.79 Å². The molecule has 0 saturated carbocycles. The Morgan fingerprint density at radius 2 is 2.00 bits per heavy atom. The van der Waals surface area contributed by atoms with Gasteiger partial charge >= 0.3 is 6.03 Å². The third-order valence-electron chi connectivity index (χ3n) is 4.72. The van der Waals surface area contributed by atoms with Crippen LogP contribution in [0, 0.1) is 0 Å². The van der Waals surface area contributed by atoms with E-state index in [1.54, 1.807) is 36.1 Å². The number of nitrogens with one attached hydrogen (secondary N) is 1. The first kappa shape index (κ1) is 18.5. The van der Waals surface area contributed by atoms with Crippen LogP contribution in [0.2, 0.25) is 0 Å². The van der Waals surface area contributed by atoms with Crippen LogP contribution >= 0.6 is 0 Å². The van der Waals surface area contributed by atoms with Crippen molar-refractivity contribution in [2.45, 2.75) is 26.3 Å². The molecule has 0 radical (unpaired) electrons. The van der Waals surface area contributed by atoms with Crippen LogP contribution in [0.15, 0.2) is 30.6 Å². The number of nitrogens with zero attached hydrogens (tertiary/aromatic N) is 6. The van der Waals surface area contributed by atoms with Gasteiger partial charge in [-0.1, -0.05) is 12.1 Å². The lowest BCUT2D eigenvalue weighted by Crippen LogP contribution is -2.44. The molecular formula is C17H21N7O3. The largest absolute Gasteiger partial charge is 0.342 e. The van der Waals surface area contributed by atoms with Gasteiger partial charge in [0, 0.05) is 13.1 Å². The molecule has 1 saturated heterocycles. The Morgan fingerprint density at radius 1 is 1.26 bits per heavy atom. The van der Waals surface area contributed by atoms with Gasteiger partial charge in [-0.2, -0.15) is 0 Å². The molecule has 142 valence electrons. The average molecular weight is 371 g/mol. The van der Waals surface area contributed by atoms with Crippen molar-refractivity contribution < 1.29 is 14.4 Å². The number of carbonyl (C=O) groups excluding carboxylic acids is 3. The molecule has 0 bridgehead atoms. The zero-order valence-electron chi connectivity index (χ0n) is 15.4. The van der Waals surface area contributed by atoms with Crippen LogP contribution in [0.3, 0.4) is 0 Å². The maximum absolute atomic E-state index is 13.0. The summed E-state index contributed by atoms with van der Waals surface area (Å²) in [5.74, 6) is -0.739. The summed E-state index contributed by atoms with van der Waals surface area (Å²) in [5.41, 5.74) is -0.0462. The third kappa shape index (κ3) is 3.25. The van der Waals surface area contributed by atoms with E-state index in [0.717, 1.165) is 4.90 Å². The van der Waals surface area contributed by atoms with Gasteiger partial charge in [0.1, 0.15) is 18.4 Å². The Balaban J connectivity index is 1.87. The highest BCUT2D eigenvalue weighted by molar-refractivity contribution is 6.09. The van der Waals surface area contributed by atoms with Crippen LogP contribution in [0.1, 0.15) is 26.3 Å². The van der Waals surface area contributed by atoms with Gasteiger partial charge in [-0.25, -0.2) is 9.48 Å². The first-order valence-corrected chi connectivity index (χ1v) is 8.66. The summed E-state index contributed by atoms with van der Waals surface area (Å²) in [4.78, 5) is 40.3. The molecule has 1 aromatic carbocycles. The quantitative estimate of drug-likeness (QED) is 0.731. The molecule has 27 heavy (non-hydrogen) atoms. The maximum atomic E-state index is 13.0. The van der Waals surface area contributed by atoms with Crippen LogP contribution in [-0.2, 0) is 15.1 Å². The van der Waals surface area contributed by atoms with Crippen molar-refractivity contribution in [1.29, 1.82) is 0 Å². The number of benzene rings is 1. The monoisotopic (exact) mass is 371 g/mol. The Hall–Kier alpha value is -3.30. The molecule has 2 aromatic rings. The summed E-state index contributed by atoms with van der Waals surface area (Å²) < 4.78 is 1.45. The summed E-state index contributed by atoms with van der Waals surface area (Å²) in [7, 11) is 0. The second kappa shape index (κ2) is 7.14. The Morgan fingerprint density at radius 3 is 2.63 bits per heavy atom. The summed E-state index contributed by atoms with van der Waals surface area (Å²) in [6.45, 7) is 6.07. The van der Waals surface area contributed by atoms with E-state index in [0.29, 0.717) is 24.3 Å². The molecule has 2 heterocycles. The number of likely N-dealkylation sites (N-methyl/N-ethyl adjacent to an activating group) is 1. The molecule has 1 aliphatic rings. The number of hydrogen-bond donors (Lipinski definition) is 1. The van der Waals surface area contributed by atoms with Crippen molar-refractivity contribution in [2.24, 2.45) is 0 Å². The van der Waals surface area contributed by atoms with Gasteiger partial charge in [-0.15, -0.1) is 5.10 Å². The predicted octanol–water partition coefficient (Wildman–Crippen LogP) is 0.298. The topological polar surface area (TPSA) is 113 Å². The summed E-state index contributed by atoms with van der Waals surface area (Å²) in [6.07, 6.45) is 1.44. The number of imide groups is 1. The van der Waals surface area contributed by atoms with Crippen molar-refractivity contribution in [3.63, 3.8) is 0 Å². The Bertz CT molecular complexity index is 863. The third-order valence-corrected chi connectivity index (χ3v) is 4.72. The Labute approximate surface area is 156 Å². The lowest BCUT2D eigenvalue weighted by Gasteiger charge is -2.24. The zero-order chi connectivity index (χ0) is 19.6. The van der Waals surface area contributed by atoms with Crippen molar-refractivity contribution in [2.75, 3.05) is 19.6 Å². The van der Waals surface area contributed by atoms with E-state index < -0.39 is 17.5 Å². The molecular weight excluding hydrogens is 350 g/mol. The number of hydrogen-bond acceptors (Lipinski definition) is 6. The fraction of sp³-hybridized carbons (Fsp3) is 0.412. The van der Waals surface area contributed by atoms with Gasteiger partial charge in [-0.05, 0) is 48.9 Å². The van der Waals surface area contributed by atoms with Crippen molar-refractivity contribution in [1.82, 2.24) is 35.3 Å². The number of amides is 4. The number of urea groups is 1.